The van der Waals surface area contributed by atoms with Crippen LogP contribution in [-0.2, 0) is 19.1 Å². The summed E-state index contributed by atoms with van der Waals surface area (Å²) in [5, 5.41) is 4.66. The van der Waals surface area contributed by atoms with Crippen LogP contribution in [0.1, 0.15) is 78.3 Å². The van der Waals surface area contributed by atoms with Crippen LogP contribution in [0.3, 0.4) is 0 Å². The second-order valence-corrected chi connectivity index (χ2v) is 11.5. The Morgan fingerprint density at radius 3 is 2.48 bits per heavy atom. The van der Waals surface area contributed by atoms with E-state index in [4.69, 9.17) is 9.47 Å². The number of allylic oxidation sites excluding steroid dienone is 1. The molecule has 42 heavy (non-hydrogen) atoms. The third-order valence-electron chi connectivity index (χ3n) is 8.14. The van der Waals surface area contributed by atoms with Crippen LogP contribution in [0.4, 0.5) is 9.59 Å². The van der Waals surface area contributed by atoms with Gasteiger partial charge in [-0.05, 0) is 63.7 Å². The maximum Gasteiger partial charge on any atom is 0.410 e. The summed E-state index contributed by atoms with van der Waals surface area (Å²) in [7, 11) is 3.23. The van der Waals surface area contributed by atoms with Gasteiger partial charge >= 0.3 is 12.2 Å². The van der Waals surface area contributed by atoms with E-state index in [0.717, 1.165) is 23.4 Å². The highest BCUT2D eigenvalue weighted by atomic mass is 16.6. The van der Waals surface area contributed by atoms with Gasteiger partial charge in [-0.25, -0.2) is 9.59 Å². The van der Waals surface area contributed by atoms with Gasteiger partial charge in [-0.3, -0.25) is 15.2 Å². The van der Waals surface area contributed by atoms with Gasteiger partial charge in [0.1, 0.15) is 17.7 Å². The fourth-order valence-electron chi connectivity index (χ4n) is 5.59. The number of pyridine rings is 1. The predicted molar refractivity (Wildman–Crippen MR) is 159 cm³/mol. The summed E-state index contributed by atoms with van der Waals surface area (Å²) < 4.78 is 11.3. The number of hydrogen-bond donors (Lipinski definition) is 1. The topological polar surface area (TPSA) is 131 Å². The van der Waals surface area contributed by atoms with Crippen LogP contribution < -0.4 is 5.43 Å². The van der Waals surface area contributed by atoms with Crippen LogP contribution in [-0.4, -0.2) is 84.1 Å². The van der Waals surface area contributed by atoms with E-state index in [0.29, 0.717) is 44.2 Å². The summed E-state index contributed by atoms with van der Waals surface area (Å²) >= 11 is 0. The number of nitrogens with one attached hydrogen (secondary N) is 1. The summed E-state index contributed by atoms with van der Waals surface area (Å²) in [4.78, 5) is 57.1. The molecule has 2 heterocycles. The Balaban J connectivity index is 1.73. The molecule has 11 nitrogen and oxygen atoms in total. The highest BCUT2D eigenvalue weighted by Gasteiger charge is 2.44. The molecule has 1 N–H and O–H groups in total. The van der Waals surface area contributed by atoms with E-state index in [1.807, 2.05) is 39.0 Å². The Labute approximate surface area is 248 Å². The molecule has 0 saturated heterocycles. The van der Waals surface area contributed by atoms with Crippen molar-refractivity contribution in [2.24, 2.45) is 16.4 Å². The zero-order valence-corrected chi connectivity index (χ0v) is 25.8. The van der Waals surface area contributed by atoms with Gasteiger partial charge in [-0.15, -0.1) is 0 Å². The second-order valence-electron chi connectivity index (χ2n) is 11.5. The number of Topliss-reactive ketones (excluding diaryl/α,β-unsaturated/α-hetero) is 2. The molecule has 2 aliphatic rings. The molecule has 1 aliphatic heterocycles. The molecule has 1 fully saturated rings. The number of ether oxygens (including phenoxy) is 2. The van der Waals surface area contributed by atoms with E-state index in [2.05, 4.69) is 15.5 Å². The molecule has 0 radical (unpaired) electrons. The number of carbonyl (C=O) groups excluding carboxylic acids is 4. The molecule has 3 unspecified atom stereocenters. The largest absolute Gasteiger partial charge is 0.449 e. The van der Waals surface area contributed by atoms with Crippen molar-refractivity contribution in [3.63, 3.8) is 0 Å². The molecular weight excluding hydrogens is 538 g/mol. The average molecular weight is 584 g/mol. The molecule has 0 bridgehead atoms. The molecule has 1 aliphatic carbocycles. The zero-order chi connectivity index (χ0) is 30.9. The van der Waals surface area contributed by atoms with Crippen molar-refractivity contribution in [1.29, 1.82) is 0 Å². The van der Waals surface area contributed by atoms with E-state index < -0.39 is 23.7 Å². The second kappa shape index (κ2) is 14.9. The minimum absolute atomic E-state index is 0.0498. The van der Waals surface area contributed by atoms with Crippen molar-refractivity contribution in [3.05, 3.63) is 41.4 Å². The van der Waals surface area contributed by atoms with Crippen LogP contribution in [0, 0.1) is 11.3 Å². The van der Waals surface area contributed by atoms with Gasteiger partial charge in [0.2, 0.25) is 0 Å². The molecule has 11 heteroatoms. The van der Waals surface area contributed by atoms with Crippen LogP contribution in [0.2, 0.25) is 0 Å². The normalized spacial score (nSPS) is 22.0. The van der Waals surface area contributed by atoms with E-state index in [9.17, 15) is 19.2 Å². The third kappa shape index (κ3) is 8.39. The highest BCUT2D eigenvalue weighted by molar-refractivity contribution is 6.03. The molecule has 1 aromatic rings. The van der Waals surface area contributed by atoms with Gasteiger partial charge in [0.05, 0.1) is 18.0 Å². The Hall–Kier alpha value is -3.76. The van der Waals surface area contributed by atoms with Crippen molar-refractivity contribution in [3.8, 4) is 0 Å². The van der Waals surface area contributed by atoms with Gasteiger partial charge in [-0.2, -0.15) is 5.10 Å². The van der Waals surface area contributed by atoms with E-state index in [1.165, 1.54) is 16.7 Å². The number of hydrazone groups is 1. The third-order valence-corrected chi connectivity index (χ3v) is 8.14. The maximum absolute atomic E-state index is 13.3. The molecule has 2 amide bonds. The Morgan fingerprint density at radius 2 is 1.83 bits per heavy atom. The summed E-state index contributed by atoms with van der Waals surface area (Å²) in [6.45, 7) is 8.02. The molecule has 1 aromatic heterocycles. The average Bonchev–Trinajstić information content (AvgIpc) is 2.96. The number of aromatic nitrogens is 1. The Morgan fingerprint density at radius 1 is 1.12 bits per heavy atom. The molecule has 230 valence electrons. The standard InChI is InChI=1S/C31H45N5O6/c1-7-26(38)31(4)15-10-14-25(27-22(3)33-34-28(23(27)20-31)24-13-8-9-16-32-24)42-30(40)36(6)18-17-35(5)29(39)41-19-11-12-21(2)37/h8-9,13,16,23,25,33H,7,10-12,14-15,17-20H2,1-6H3. The summed E-state index contributed by atoms with van der Waals surface area (Å²) in [5.41, 5.74) is 5.75. The van der Waals surface area contributed by atoms with Crippen LogP contribution >= 0.6 is 0 Å². The fourth-order valence-corrected chi connectivity index (χ4v) is 5.59. The Bertz CT molecular complexity index is 1200. The van der Waals surface area contributed by atoms with Crippen LogP contribution in [0.15, 0.2) is 40.8 Å². The first-order chi connectivity index (χ1) is 20.0. The maximum atomic E-state index is 13.3. The SMILES string of the molecule is CCC(=O)C1(C)CCCC(OC(=O)N(C)CCN(C)C(=O)OCCCC(C)=O)C2=C(C)NN=C(c3ccccn3)C2C1. The van der Waals surface area contributed by atoms with Crippen molar-refractivity contribution in [1.82, 2.24) is 20.2 Å². The monoisotopic (exact) mass is 583 g/mol. The summed E-state index contributed by atoms with van der Waals surface area (Å²) in [6, 6.07) is 5.65. The molecular formula is C31H45N5O6. The van der Waals surface area contributed by atoms with Crippen molar-refractivity contribution >= 4 is 29.5 Å². The first-order valence-electron chi connectivity index (χ1n) is 14.7. The zero-order valence-electron chi connectivity index (χ0n) is 25.8. The molecule has 3 rings (SSSR count). The number of hydrogen-bond acceptors (Lipinski definition) is 9. The van der Waals surface area contributed by atoms with Gasteiger partial charge < -0.3 is 24.1 Å². The van der Waals surface area contributed by atoms with Crippen LogP contribution in [0.25, 0.3) is 0 Å². The quantitative estimate of drug-likeness (QED) is 0.371. The first-order valence-corrected chi connectivity index (χ1v) is 14.7. The van der Waals surface area contributed by atoms with Gasteiger partial charge in [0.25, 0.3) is 0 Å². The number of carbonyl (C=O) groups is 4. The van der Waals surface area contributed by atoms with E-state index in [-0.39, 0.29) is 37.2 Å². The number of amides is 2. The molecule has 0 spiro atoms. The van der Waals surface area contributed by atoms with Crippen molar-refractivity contribution < 1.29 is 28.7 Å². The summed E-state index contributed by atoms with van der Waals surface area (Å²) in [5.74, 6) is 0.0119. The lowest BCUT2D eigenvalue weighted by Gasteiger charge is -2.40. The molecule has 0 aromatic carbocycles. The molecule has 1 saturated carbocycles. The van der Waals surface area contributed by atoms with Gasteiger partial charge in [0.15, 0.2) is 0 Å². The minimum atomic E-state index is -0.533. The minimum Gasteiger partial charge on any atom is -0.449 e. The first kappa shape index (κ1) is 32.8. The van der Waals surface area contributed by atoms with E-state index in [1.54, 1.807) is 20.3 Å². The number of ketones is 2. The lowest BCUT2D eigenvalue weighted by Crippen LogP contribution is -2.44. The number of nitrogens with zero attached hydrogens (tertiary/aromatic N) is 4. The summed E-state index contributed by atoms with van der Waals surface area (Å²) in [6.07, 6.45) is 4.01. The van der Waals surface area contributed by atoms with Gasteiger partial charge in [-0.1, -0.05) is 19.9 Å². The van der Waals surface area contributed by atoms with E-state index >= 15 is 0 Å². The number of likely N-dealkylation sites (N-methyl/N-ethyl adjacent to an activating group) is 2. The van der Waals surface area contributed by atoms with Crippen molar-refractivity contribution in [2.75, 3.05) is 33.8 Å². The number of fused-ring (bicyclic) bond motifs is 1. The lowest BCUT2D eigenvalue weighted by molar-refractivity contribution is -0.129. The van der Waals surface area contributed by atoms with Crippen molar-refractivity contribution in [2.45, 2.75) is 78.7 Å². The molecule has 3 atom stereocenters. The fraction of sp³-hybridized carbons (Fsp3) is 0.613. The predicted octanol–water partition coefficient (Wildman–Crippen LogP) is 4.71. The number of rotatable bonds is 11. The smallest absolute Gasteiger partial charge is 0.410 e. The highest BCUT2D eigenvalue weighted by Crippen LogP contribution is 2.44. The Kier molecular flexibility index (Phi) is 11.6. The van der Waals surface area contributed by atoms with Gasteiger partial charge in [0, 0.05) is 63.3 Å². The lowest BCUT2D eigenvalue weighted by atomic mass is 9.66. The van der Waals surface area contributed by atoms with Crippen LogP contribution in [0.5, 0.6) is 0 Å².